The van der Waals surface area contributed by atoms with Crippen LogP contribution in [0.15, 0.2) is 142 Å². The molecule has 5 heteroatoms. The lowest BCUT2D eigenvalue weighted by Gasteiger charge is -2.42. The number of fused-ring (bicyclic) bond motifs is 19. The van der Waals surface area contributed by atoms with Crippen molar-refractivity contribution in [1.29, 1.82) is 0 Å². The van der Waals surface area contributed by atoms with Crippen LogP contribution in [0.25, 0.3) is 93.6 Å². The minimum absolute atomic E-state index is 0.0158. The number of para-hydroxylation sites is 1. The summed E-state index contributed by atoms with van der Waals surface area (Å²) in [7, 11) is 0. The molecule has 0 saturated heterocycles. The Bertz CT molecular complexity index is 4110. The summed E-state index contributed by atoms with van der Waals surface area (Å²) >= 11 is 0. The molecule has 0 radical (unpaired) electrons. The van der Waals surface area contributed by atoms with Crippen molar-refractivity contribution >= 4 is 94.8 Å². The van der Waals surface area contributed by atoms with Crippen molar-refractivity contribution in [2.24, 2.45) is 0 Å². The molecule has 68 heavy (non-hydrogen) atoms. The molecule has 11 aromatic rings. The first-order valence-electron chi connectivity index (χ1n) is 24.7. The van der Waals surface area contributed by atoms with E-state index >= 15 is 0 Å². The van der Waals surface area contributed by atoms with E-state index in [2.05, 4.69) is 205 Å². The minimum atomic E-state index is -0.176. The van der Waals surface area contributed by atoms with Crippen LogP contribution in [0.4, 0.5) is 11.4 Å². The molecule has 330 valence electrons. The minimum Gasteiger partial charge on any atom is -0.456 e. The van der Waals surface area contributed by atoms with Crippen molar-refractivity contribution < 1.29 is 8.83 Å². The quantitative estimate of drug-likeness (QED) is 0.154. The highest BCUT2D eigenvalue weighted by atomic mass is 16.3. The van der Waals surface area contributed by atoms with Gasteiger partial charge in [-0.25, -0.2) is 0 Å². The van der Waals surface area contributed by atoms with Crippen LogP contribution in [0.1, 0.15) is 103 Å². The van der Waals surface area contributed by atoms with Gasteiger partial charge in [0.2, 0.25) is 0 Å². The fourth-order valence-electron chi connectivity index (χ4n) is 13.6. The number of hydrogen-bond donors (Lipinski definition) is 0. The molecule has 0 spiro atoms. The SMILES string of the molecule is CC(C)(C)c1ccc(N2B3c4cc5c(cc4-n4c6ccc7c8ccccc8oc7c6c6ccc(c3c64)-c3cc4oc6cc7c(cc6c4cc32)C(C)(C)CCC7(C)C)-c2ccccc2C5(C)C)cc1. The van der Waals surface area contributed by atoms with Crippen LogP contribution in [0.2, 0.25) is 0 Å². The average molecular weight is 881 g/mol. The Labute approximate surface area is 397 Å². The van der Waals surface area contributed by atoms with Crippen LogP contribution >= 0.6 is 0 Å². The highest BCUT2D eigenvalue weighted by Gasteiger charge is 2.47. The number of rotatable bonds is 1. The molecule has 0 bridgehead atoms. The third kappa shape index (κ3) is 4.77. The van der Waals surface area contributed by atoms with E-state index in [4.69, 9.17) is 8.83 Å². The lowest BCUT2D eigenvalue weighted by Crippen LogP contribution is -2.60. The molecule has 2 aliphatic heterocycles. The Balaban J connectivity index is 1.10. The first-order chi connectivity index (χ1) is 32.6. The molecule has 4 aliphatic rings. The number of nitrogens with zero attached hydrogens (tertiary/aromatic N) is 2. The van der Waals surface area contributed by atoms with E-state index in [9.17, 15) is 0 Å². The standard InChI is InChI=1S/C63H53BN2O2/c1-60(2,3)34-18-20-35(21-19-34)66-51-30-44-43-28-47-48(62(6,7)27-26-61(47,4)5)33-55(43)67-54(44)31-42(51)38-22-23-40-56-50(25-24-39-37-15-11-13-17-53(37)68-59(39)56)65-52-29-41-36-14-10-12-16-45(36)63(8,9)46(41)32-49(52)64(66)57(38)58(40)65/h10-25,28-33H,26-27H2,1-9H3. The largest absolute Gasteiger partial charge is 0.456 e. The summed E-state index contributed by atoms with van der Waals surface area (Å²) in [5.41, 5.74) is 24.5. The van der Waals surface area contributed by atoms with Crippen molar-refractivity contribution in [3.63, 3.8) is 0 Å². The van der Waals surface area contributed by atoms with Gasteiger partial charge >= 0.3 is 6.85 Å². The van der Waals surface area contributed by atoms with Crippen LogP contribution < -0.4 is 15.7 Å². The number of aromatic nitrogens is 1. The van der Waals surface area contributed by atoms with Gasteiger partial charge in [0.05, 0.1) is 16.4 Å². The molecule has 5 heterocycles. The molecule has 2 aliphatic carbocycles. The van der Waals surface area contributed by atoms with E-state index in [0.29, 0.717) is 0 Å². The van der Waals surface area contributed by atoms with Crippen LogP contribution in [0.3, 0.4) is 0 Å². The lowest BCUT2D eigenvalue weighted by molar-refractivity contribution is 0.332. The Morgan fingerprint density at radius 3 is 2.01 bits per heavy atom. The maximum atomic E-state index is 7.06. The van der Waals surface area contributed by atoms with Crippen molar-refractivity contribution in [3.8, 4) is 27.9 Å². The smallest absolute Gasteiger partial charge is 0.333 e. The second kappa shape index (κ2) is 12.4. The Kier molecular flexibility index (Phi) is 7.11. The zero-order valence-corrected chi connectivity index (χ0v) is 40.4. The summed E-state index contributed by atoms with van der Waals surface area (Å²) in [5.74, 6) is 0. The summed E-state index contributed by atoms with van der Waals surface area (Å²) in [4.78, 5) is 2.69. The van der Waals surface area contributed by atoms with Crippen LogP contribution in [-0.2, 0) is 21.7 Å². The first kappa shape index (κ1) is 39.1. The maximum Gasteiger partial charge on any atom is 0.333 e. The molecule has 4 nitrogen and oxygen atoms in total. The van der Waals surface area contributed by atoms with E-state index < -0.39 is 0 Å². The molecule has 0 amide bonds. The van der Waals surface area contributed by atoms with E-state index in [1.54, 1.807) is 0 Å². The topological polar surface area (TPSA) is 34.5 Å². The van der Waals surface area contributed by atoms with Gasteiger partial charge in [-0.1, -0.05) is 135 Å². The average Bonchev–Trinajstić information content (AvgIpc) is 4.04. The predicted octanol–water partition coefficient (Wildman–Crippen LogP) is 15.8. The van der Waals surface area contributed by atoms with Gasteiger partial charge < -0.3 is 18.2 Å². The van der Waals surface area contributed by atoms with Crippen molar-refractivity contribution in [2.75, 3.05) is 4.81 Å². The van der Waals surface area contributed by atoms with E-state index in [1.807, 2.05) is 0 Å². The molecule has 3 aromatic heterocycles. The molecule has 15 rings (SSSR count). The van der Waals surface area contributed by atoms with E-state index in [0.717, 1.165) is 39.5 Å². The molecule has 0 unspecified atom stereocenters. The normalized spacial score (nSPS) is 17.1. The van der Waals surface area contributed by atoms with Gasteiger partial charge in [0.15, 0.2) is 0 Å². The second-order valence-electron chi connectivity index (χ2n) is 23.5. The second-order valence-corrected chi connectivity index (χ2v) is 23.5. The maximum absolute atomic E-state index is 7.06. The molecule has 0 saturated carbocycles. The van der Waals surface area contributed by atoms with Gasteiger partial charge in [-0.15, -0.1) is 0 Å². The molecular formula is C63H53BN2O2. The predicted molar refractivity (Wildman–Crippen MR) is 286 cm³/mol. The fraction of sp³-hybridized carbons (Fsp3) is 0.238. The van der Waals surface area contributed by atoms with Crippen molar-refractivity contribution in [2.45, 2.75) is 96.8 Å². The van der Waals surface area contributed by atoms with Crippen LogP contribution in [-0.4, -0.2) is 11.4 Å². The van der Waals surface area contributed by atoms with Crippen molar-refractivity contribution in [1.82, 2.24) is 4.57 Å². The zero-order valence-electron chi connectivity index (χ0n) is 40.4. The van der Waals surface area contributed by atoms with Gasteiger partial charge in [-0.05, 0) is 145 Å². The number of benzene rings is 8. The van der Waals surface area contributed by atoms with Gasteiger partial charge in [-0.3, -0.25) is 0 Å². The monoisotopic (exact) mass is 880 g/mol. The highest BCUT2D eigenvalue weighted by Crippen LogP contribution is 2.54. The first-order valence-corrected chi connectivity index (χ1v) is 24.7. The molecule has 0 N–H and O–H groups in total. The van der Waals surface area contributed by atoms with E-state index in [-0.39, 0.29) is 28.5 Å². The molecular weight excluding hydrogens is 828 g/mol. The Hall–Kier alpha value is -6.98. The van der Waals surface area contributed by atoms with Gasteiger partial charge in [-0.2, -0.15) is 0 Å². The zero-order chi connectivity index (χ0) is 46.1. The fourth-order valence-corrected chi connectivity index (χ4v) is 13.6. The summed E-state index contributed by atoms with van der Waals surface area (Å²) in [6.07, 6.45) is 2.33. The summed E-state index contributed by atoms with van der Waals surface area (Å²) < 4.78 is 16.6. The van der Waals surface area contributed by atoms with E-state index in [1.165, 1.54) is 117 Å². The van der Waals surface area contributed by atoms with Gasteiger partial charge in [0.25, 0.3) is 0 Å². The lowest BCUT2D eigenvalue weighted by atomic mass is 9.43. The molecule has 0 fully saturated rings. The molecule has 8 aromatic carbocycles. The molecule has 0 atom stereocenters. The summed E-state index contributed by atoms with van der Waals surface area (Å²) in [6.45, 7) is 21.3. The number of hydrogen-bond acceptors (Lipinski definition) is 3. The Morgan fingerprint density at radius 2 is 1.22 bits per heavy atom. The van der Waals surface area contributed by atoms with Crippen LogP contribution in [0.5, 0.6) is 0 Å². The number of anilines is 2. The van der Waals surface area contributed by atoms with Crippen LogP contribution in [0, 0.1) is 0 Å². The van der Waals surface area contributed by atoms with Crippen molar-refractivity contribution in [3.05, 3.63) is 161 Å². The third-order valence-electron chi connectivity index (χ3n) is 17.4. The summed E-state index contributed by atoms with van der Waals surface area (Å²) in [5, 5.41) is 7.05. The van der Waals surface area contributed by atoms with Gasteiger partial charge in [0, 0.05) is 55.0 Å². The van der Waals surface area contributed by atoms with Gasteiger partial charge in [0.1, 0.15) is 22.3 Å². The highest BCUT2D eigenvalue weighted by molar-refractivity contribution is 6.93. The Morgan fingerprint density at radius 1 is 0.515 bits per heavy atom. The number of furan rings is 2. The summed E-state index contributed by atoms with van der Waals surface area (Å²) in [6, 6.07) is 51.3. The third-order valence-corrected chi connectivity index (χ3v) is 17.4.